The minimum absolute atomic E-state index is 0.0640. The van der Waals surface area contributed by atoms with Gasteiger partial charge in [0.05, 0.1) is 17.6 Å². The van der Waals surface area contributed by atoms with Gasteiger partial charge < -0.3 is 15.1 Å². The number of carbonyl (C=O) groups excluding carboxylic acids is 2. The van der Waals surface area contributed by atoms with Crippen molar-refractivity contribution >= 4 is 11.9 Å². The fourth-order valence-electron chi connectivity index (χ4n) is 4.32. The molecule has 0 unspecified atom stereocenters. The molecule has 1 aromatic rings. The zero-order valence-corrected chi connectivity index (χ0v) is 16.8. The number of carbonyl (C=O) groups is 2. The van der Waals surface area contributed by atoms with Crippen LogP contribution in [0.2, 0.25) is 0 Å². The maximum Gasteiger partial charge on any atom is 0.317 e. The van der Waals surface area contributed by atoms with Crippen LogP contribution in [0.5, 0.6) is 0 Å². The van der Waals surface area contributed by atoms with Gasteiger partial charge in [-0.2, -0.15) is 5.26 Å². The zero-order chi connectivity index (χ0) is 20.2. The summed E-state index contributed by atoms with van der Waals surface area (Å²) in [6.45, 7) is 5.16. The average Bonchev–Trinajstić information content (AvgIpc) is 2.90. The van der Waals surface area contributed by atoms with Crippen LogP contribution >= 0.6 is 0 Å². The first-order chi connectivity index (χ1) is 14.1. The summed E-state index contributed by atoms with van der Waals surface area (Å²) in [5.41, 5.74) is 1.56. The molecule has 3 aliphatic rings. The molecule has 4 rings (SSSR count). The molecule has 1 aliphatic carbocycles. The van der Waals surface area contributed by atoms with Crippen LogP contribution in [0.25, 0.3) is 0 Å². The molecule has 29 heavy (non-hydrogen) atoms. The van der Waals surface area contributed by atoms with E-state index in [1.165, 1.54) is 19.3 Å². The number of hydrogen-bond acceptors (Lipinski definition) is 4. The maximum absolute atomic E-state index is 12.8. The summed E-state index contributed by atoms with van der Waals surface area (Å²) in [6.07, 6.45) is 5.00. The predicted octanol–water partition coefficient (Wildman–Crippen LogP) is 1.79. The van der Waals surface area contributed by atoms with Gasteiger partial charge in [-0.15, -0.1) is 0 Å². The first kappa shape index (κ1) is 19.7. The van der Waals surface area contributed by atoms with E-state index in [0.29, 0.717) is 25.2 Å². The highest BCUT2D eigenvalue weighted by Gasteiger charge is 2.38. The molecule has 3 fully saturated rings. The monoisotopic (exact) mass is 395 g/mol. The van der Waals surface area contributed by atoms with Crippen LogP contribution in [0.4, 0.5) is 4.79 Å². The van der Waals surface area contributed by atoms with Gasteiger partial charge in [-0.3, -0.25) is 9.69 Å². The SMILES string of the molecule is N#Cc1ccc(CNC(=O)N2CC(C(=O)N3CCCN(C4CCC4)CC3)C2)cc1. The molecular formula is C22H29N5O2. The molecule has 1 N–H and O–H groups in total. The van der Waals surface area contributed by atoms with Crippen molar-refractivity contribution in [2.75, 3.05) is 39.3 Å². The molecule has 7 nitrogen and oxygen atoms in total. The number of benzene rings is 1. The average molecular weight is 396 g/mol. The van der Waals surface area contributed by atoms with Crippen LogP contribution in [0, 0.1) is 17.2 Å². The van der Waals surface area contributed by atoms with Crippen molar-refractivity contribution in [2.24, 2.45) is 5.92 Å². The third-order valence-electron chi connectivity index (χ3n) is 6.48. The lowest BCUT2D eigenvalue weighted by Crippen LogP contribution is -2.59. The summed E-state index contributed by atoms with van der Waals surface area (Å²) >= 11 is 0. The largest absolute Gasteiger partial charge is 0.341 e. The summed E-state index contributed by atoms with van der Waals surface area (Å²) in [7, 11) is 0. The topological polar surface area (TPSA) is 79.7 Å². The highest BCUT2D eigenvalue weighted by atomic mass is 16.2. The fourth-order valence-corrected chi connectivity index (χ4v) is 4.32. The predicted molar refractivity (Wildman–Crippen MR) is 109 cm³/mol. The van der Waals surface area contributed by atoms with Crippen molar-refractivity contribution in [1.29, 1.82) is 5.26 Å². The van der Waals surface area contributed by atoms with Gasteiger partial charge in [0, 0.05) is 51.9 Å². The smallest absolute Gasteiger partial charge is 0.317 e. The van der Waals surface area contributed by atoms with Gasteiger partial charge in [0.25, 0.3) is 0 Å². The van der Waals surface area contributed by atoms with Gasteiger partial charge in [-0.05, 0) is 37.0 Å². The molecule has 7 heteroatoms. The Labute approximate surface area is 172 Å². The lowest BCUT2D eigenvalue weighted by atomic mass is 9.91. The van der Waals surface area contributed by atoms with Gasteiger partial charge in [0.1, 0.15) is 0 Å². The maximum atomic E-state index is 12.8. The quantitative estimate of drug-likeness (QED) is 0.843. The Balaban J connectivity index is 1.19. The molecule has 0 atom stereocenters. The highest BCUT2D eigenvalue weighted by Crippen LogP contribution is 2.26. The summed E-state index contributed by atoms with van der Waals surface area (Å²) < 4.78 is 0. The van der Waals surface area contributed by atoms with Crippen LogP contribution in [0.1, 0.15) is 36.8 Å². The number of urea groups is 1. The number of nitrogens with zero attached hydrogens (tertiary/aromatic N) is 4. The number of nitriles is 1. The normalized spacial score (nSPS) is 20.9. The van der Waals surface area contributed by atoms with Crippen molar-refractivity contribution < 1.29 is 9.59 Å². The number of hydrogen-bond donors (Lipinski definition) is 1. The van der Waals surface area contributed by atoms with E-state index in [1.807, 2.05) is 17.0 Å². The van der Waals surface area contributed by atoms with Gasteiger partial charge in [0.15, 0.2) is 0 Å². The molecule has 2 heterocycles. The number of amides is 3. The summed E-state index contributed by atoms with van der Waals surface area (Å²) in [5, 5.41) is 11.7. The first-order valence-electron chi connectivity index (χ1n) is 10.7. The van der Waals surface area contributed by atoms with E-state index in [0.717, 1.165) is 44.2 Å². The third kappa shape index (κ3) is 4.54. The molecule has 0 spiro atoms. The molecule has 2 saturated heterocycles. The zero-order valence-electron chi connectivity index (χ0n) is 16.8. The number of nitrogens with one attached hydrogen (secondary N) is 1. The molecule has 3 amide bonds. The van der Waals surface area contributed by atoms with Gasteiger partial charge in [0.2, 0.25) is 5.91 Å². The van der Waals surface area contributed by atoms with Crippen molar-refractivity contribution in [1.82, 2.24) is 20.0 Å². The molecule has 0 radical (unpaired) electrons. The first-order valence-corrected chi connectivity index (χ1v) is 10.7. The van der Waals surface area contributed by atoms with E-state index in [2.05, 4.69) is 16.3 Å². The van der Waals surface area contributed by atoms with E-state index in [9.17, 15) is 9.59 Å². The minimum atomic E-state index is -0.134. The van der Waals surface area contributed by atoms with Crippen LogP contribution in [-0.2, 0) is 11.3 Å². The minimum Gasteiger partial charge on any atom is -0.341 e. The van der Waals surface area contributed by atoms with Crippen molar-refractivity contribution in [3.8, 4) is 6.07 Å². The lowest BCUT2D eigenvalue weighted by Gasteiger charge is -2.40. The summed E-state index contributed by atoms with van der Waals surface area (Å²) in [5.74, 6) is 0.141. The standard InChI is InChI=1S/C22H29N5O2/c23-13-17-5-7-18(8-6-17)14-24-22(29)27-15-19(16-27)21(28)26-10-2-9-25(11-12-26)20-3-1-4-20/h5-8,19-20H,1-4,9-12,14-16H2,(H,24,29). The van der Waals surface area contributed by atoms with E-state index in [1.54, 1.807) is 17.0 Å². The molecule has 2 aliphatic heterocycles. The lowest BCUT2D eigenvalue weighted by molar-refractivity contribution is -0.139. The Morgan fingerprint density at radius 2 is 1.76 bits per heavy atom. The Morgan fingerprint density at radius 1 is 1.00 bits per heavy atom. The van der Waals surface area contributed by atoms with Crippen LogP contribution in [0.3, 0.4) is 0 Å². The summed E-state index contributed by atoms with van der Waals surface area (Å²) in [4.78, 5) is 31.4. The van der Waals surface area contributed by atoms with Crippen LogP contribution in [-0.4, -0.2) is 71.9 Å². The van der Waals surface area contributed by atoms with Crippen LogP contribution < -0.4 is 5.32 Å². The van der Waals surface area contributed by atoms with Gasteiger partial charge >= 0.3 is 6.03 Å². The molecule has 1 aromatic carbocycles. The second kappa shape index (κ2) is 8.83. The molecule has 0 bridgehead atoms. The van der Waals surface area contributed by atoms with Crippen molar-refractivity contribution in [2.45, 2.75) is 38.3 Å². The van der Waals surface area contributed by atoms with Crippen molar-refractivity contribution in [3.05, 3.63) is 35.4 Å². The number of likely N-dealkylation sites (tertiary alicyclic amines) is 1. The van der Waals surface area contributed by atoms with Gasteiger partial charge in [-0.25, -0.2) is 4.79 Å². The molecule has 0 aromatic heterocycles. The second-order valence-corrected chi connectivity index (χ2v) is 8.37. The number of rotatable bonds is 4. The fraction of sp³-hybridized carbons (Fsp3) is 0.591. The van der Waals surface area contributed by atoms with Crippen LogP contribution in [0.15, 0.2) is 24.3 Å². The van der Waals surface area contributed by atoms with E-state index >= 15 is 0 Å². The van der Waals surface area contributed by atoms with Gasteiger partial charge in [-0.1, -0.05) is 18.6 Å². The van der Waals surface area contributed by atoms with Crippen molar-refractivity contribution in [3.63, 3.8) is 0 Å². The molecular weight excluding hydrogens is 366 g/mol. The second-order valence-electron chi connectivity index (χ2n) is 8.37. The Hall–Kier alpha value is -2.59. The highest BCUT2D eigenvalue weighted by molar-refractivity contribution is 5.84. The Morgan fingerprint density at radius 3 is 2.41 bits per heavy atom. The Bertz CT molecular complexity index is 777. The Kier molecular flexibility index (Phi) is 6.00. The third-order valence-corrected chi connectivity index (χ3v) is 6.48. The summed E-state index contributed by atoms with van der Waals surface area (Å²) in [6, 6.07) is 9.86. The van der Waals surface area contributed by atoms with E-state index < -0.39 is 0 Å². The molecule has 1 saturated carbocycles. The van der Waals surface area contributed by atoms with E-state index in [4.69, 9.17) is 5.26 Å². The van der Waals surface area contributed by atoms with E-state index in [-0.39, 0.29) is 17.9 Å². The molecule has 154 valence electrons.